The second-order valence-electron chi connectivity index (χ2n) is 11.4. The van der Waals surface area contributed by atoms with Crippen LogP contribution in [0.4, 0.5) is 4.39 Å². The summed E-state index contributed by atoms with van der Waals surface area (Å²) in [6.07, 6.45) is 4.44. The fraction of sp³-hybridized carbons (Fsp3) is 0.394. The molecule has 1 atom stereocenters. The minimum absolute atomic E-state index is 0.119. The van der Waals surface area contributed by atoms with Crippen molar-refractivity contribution >= 4 is 11.8 Å². The summed E-state index contributed by atoms with van der Waals surface area (Å²) in [4.78, 5) is 29.2. The largest absolute Gasteiger partial charge is 0.483 e. The predicted molar refractivity (Wildman–Crippen MR) is 152 cm³/mol. The molecule has 1 N–H and O–H groups in total. The molecule has 1 aliphatic carbocycles. The van der Waals surface area contributed by atoms with Gasteiger partial charge in [-0.3, -0.25) is 9.59 Å². The molecule has 1 fully saturated rings. The number of nitrogens with one attached hydrogen (secondary N) is 1. The summed E-state index contributed by atoms with van der Waals surface area (Å²) >= 11 is 0. The zero-order valence-electron chi connectivity index (χ0n) is 23.2. The lowest BCUT2D eigenvalue weighted by atomic mass is 9.86. The SMILES string of the molecule is CC(C)(C)c1ccccc1OCC(=O)N(Cc1ccc(F)cc1)[C@H](Cc1ccccc1)C(=O)NC1CCCC1. The molecule has 0 aliphatic heterocycles. The molecule has 39 heavy (non-hydrogen) atoms. The van der Waals surface area contributed by atoms with Gasteiger partial charge in [-0.25, -0.2) is 4.39 Å². The third-order valence-corrected chi connectivity index (χ3v) is 7.29. The highest BCUT2D eigenvalue weighted by molar-refractivity contribution is 5.88. The number of nitrogens with zero attached hydrogens (tertiary/aromatic N) is 1. The Labute approximate surface area is 231 Å². The van der Waals surface area contributed by atoms with Crippen LogP contribution in [-0.2, 0) is 28.0 Å². The van der Waals surface area contributed by atoms with Gasteiger partial charge >= 0.3 is 0 Å². The Morgan fingerprint density at radius 1 is 0.923 bits per heavy atom. The highest BCUT2D eigenvalue weighted by Gasteiger charge is 2.32. The topological polar surface area (TPSA) is 58.6 Å². The van der Waals surface area contributed by atoms with Crippen molar-refractivity contribution in [2.75, 3.05) is 6.61 Å². The summed E-state index contributed by atoms with van der Waals surface area (Å²) in [7, 11) is 0. The lowest BCUT2D eigenvalue weighted by Gasteiger charge is -2.32. The number of para-hydroxylation sites is 1. The van der Waals surface area contributed by atoms with Crippen LogP contribution < -0.4 is 10.1 Å². The Kier molecular flexibility index (Phi) is 9.39. The summed E-state index contributed by atoms with van der Waals surface area (Å²) in [6.45, 7) is 6.25. The second-order valence-corrected chi connectivity index (χ2v) is 11.4. The Bertz CT molecular complexity index is 1230. The first-order chi connectivity index (χ1) is 18.7. The van der Waals surface area contributed by atoms with Gasteiger partial charge < -0.3 is 15.0 Å². The third kappa shape index (κ3) is 7.92. The standard InChI is InChI=1S/C33H39FN2O3/c1-33(2,3)28-15-9-10-16-30(28)39-23-31(37)36(22-25-17-19-26(34)20-18-25)29(21-24-11-5-4-6-12-24)32(38)35-27-13-7-8-14-27/h4-6,9-12,15-20,27,29H,7-8,13-14,21-23H2,1-3H3,(H,35,38)/t29-/m1/s1. The van der Waals surface area contributed by atoms with Crippen LogP contribution >= 0.6 is 0 Å². The molecular formula is C33H39FN2O3. The Morgan fingerprint density at radius 2 is 1.56 bits per heavy atom. The van der Waals surface area contributed by atoms with Gasteiger partial charge in [0.15, 0.2) is 6.61 Å². The first kappa shape index (κ1) is 28.3. The van der Waals surface area contributed by atoms with E-state index < -0.39 is 6.04 Å². The molecule has 3 aromatic carbocycles. The van der Waals surface area contributed by atoms with Crippen LogP contribution in [-0.4, -0.2) is 35.4 Å². The molecular weight excluding hydrogens is 491 g/mol. The molecule has 5 nitrogen and oxygen atoms in total. The number of ether oxygens (including phenoxy) is 1. The fourth-order valence-electron chi connectivity index (χ4n) is 5.14. The number of hydrogen-bond acceptors (Lipinski definition) is 3. The van der Waals surface area contributed by atoms with Crippen molar-refractivity contribution in [2.24, 2.45) is 0 Å². The predicted octanol–water partition coefficient (Wildman–Crippen LogP) is 6.20. The molecule has 0 heterocycles. The maximum atomic E-state index is 13.9. The summed E-state index contributed by atoms with van der Waals surface area (Å²) < 4.78 is 19.8. The summed E-state index contributed by atoms with van der Waals surface area (Å²) in [5.41, 5.74) is 2.54. The van der Waals surface area contributed by atoms with Crippen molar-refractivity contribution in [3.05, 3.63) is 101 Å². The number of benzene rings is 3. The third-order valence-electron chi connectivity index (χ3n) is 7.29. The van der Waals surface area contributed by atoms with Crippen LogP contribution in [0.3, 0.4) is 0 Å². The maximum absolute atomic E-state index is 13.9. The molecule has 0 unspecified atom stereocenters. The average Bonchev–Trinajstić information content (AvgIpc) is 3.43. The molecule has 206 valence electrons. The Hall–Kier alpha value is -3.67. The van der Waals surface area contributed by atoms with Crippen molar-refractivity contribution in [1.82, 2.24) is 10.2 Å². The lowest BCUT2D eigenvalue weighted by molar-refractivity contribution is -0.143. The Balaban J connectivity index is 1.63. The molecule has 1 aliphatic rings. The Morgan fingerprint density at radius 3 is 2.23 bits per heavy atom. The smallest absolute Gasteiger partial charge is 0.261 e. The zero-order chi connectivity index (χ0) is 27.8. The van der Waals surface area contributed by atoms with E-state index in [1.165, 1.54) is 12.1 Å². The van der Waals surface area contributed by atoms with E-state index in [1.807, 2.05) is 54.6 Å². The molecule has 2 amide bonds. The molecule has 0 saturated heterocycles. The minimum atomic E-state index is -0.744. The molecule has 6 heteroatoms. The highest BCUT2D eigenvalue weighted by Crippen LogP contribution is 2.31. The van der Waals surface area contributed by atoms with Gasteiger partial charge in [0.2, 0.25) is 5.91 Å². The van der Waals surface area contributed by atoms with Crippen LogP contribution in [0.5, 0.6) is 5.75 Å². The van der Waals surface area contributed by atoms with Crippen molar-refractivity contribution < 1.29 is 18.7 Å². The van der Waals surface area contributed by atoms with E-state index in [2.05, 4.69) is 26.1 Å². The molecule has 1 saturated carbocycles. The van der Waals surface area contributed by atoms with Gasteiger partial charge in [-0.15, -0.1) is 0 Å². The van der Waals surface area contributed by atoms with Crippen LogP contribution in [0.25, 0.3) is 0 Å². The first-order valence-corrected chi connectivity index (χ1v) is 13.8. The molecule has 3 aromatic rings. The summed E-state index contributed by atoms with van der Waals surface area (Å²) in [5.74, 6) is -0.171. The van der Waals surface area contributed by atoms with Gasteiger partial charge in [-0.2, -0.15) is 0 Å². The van der Waals surface area contributed by atoms with Gasteiger partial charge in [0.25, 0.3) is 5.91 Å². The minimum Gasteiger partial charge on any atom is -0.483 e. The molecule has 0 bridgehead atoms. The van der Waals surface area contributed by atoms with Gasteiger partial charge in [0.1, 0.15) is 17.6 Å². The van der Waals surface area contributed by atoms with E-state index in [-0.39, 0.29) is 42.2 Å². The molecule has 0 aromatic heterocycles. The van der Waals surface area contributed by atoms with E-state index in [0.717, 1.165) is 42.4 Å². The number of amides is 2. The number of rotatable bonds is 10. The number of carbonyl (C=O) groups is 2. The zero-order valence-corrected chi connectivity index (χ0v) is 23.2. The van der Waals surface area contributed by atoms with Crippen LogP contribution in [0.2, 0.25) is 0 Å². The first-order valence-electron chi connectivity index (χ1n) is 13.8. The van der Waals surface area contributed by atoms with Gasteiger partial charge in [-0.05, 0) is 53.1 Å². The van der Waals surface area contributed by atoms with Gasteiger partial charge in [0.05, 0.1) is 0 Å². The molecule has 4 rings (SSSR count). The quantitative estimate of drug-likeness (QED) is 0.340. The molecule has 0 spiro atoms. The van der Waals surface area contributed by atoms with Crippen molar-refractivity contribution in [3.8, 4) is 5.75 Å². The highest BCUT2D eigenvalue weighted by atomic mass is 19.1. The van der Waals surface area contributed by atoms with E-state index in [4.69, 9.17) is 4.74 Å². The number of hydrogen-bond donors (Lipinski definition) is 1. The van der Waals surface area contributed by atoms with Gasteiger partial charge in [-0.1, -0.05) is 94.3 Å². The van der Waals surface area contributed by atoms with Crippen LogP contribution in [0.1, 0.15) is 63.1 Å². The van der Waals surface area contributed by atoms with Gasteiger partial charge in [0, 0.05) is 19.0 Å². The lowest BCUT2D eigenvalue weighted by Crippen LogP contribution is -2.53. The summed E-state index contributed by atoms with van der Waals surface area (Å²) in [5, 5.41) is 3.20. The average molecular weight is 531 g/mol. The molecule has 0 radical (unpaired) electrons. The number of halogens is 1. The monoisotopic (exact) mass is 530 g/mol. The number of carbonyl (C=O) groups excluding carboxylic acids is 2. The van der Waals surface area contributed by atoms with E-state index >= 15 is 0 Å². The second kappa shape index (κ2) is 12.9. The van der Waals surface area contributed by atoms with Crippen LogP contribution in [0.15, 0.2) is 78.9 Å². The normalized spacial score (nSPS) is 14.6. The van der Waals surface area contributed by atoms with E-state index in [1.54, 1.807) is 17.0 Å². The van der Waals surface area contributed by atoms with E-state index in [0.29, 0.717) is 12.2 Å². The van der Waals surface area contributed by atoms with Crippen molar-refractivity contribution in [3.63, 3.8) is 0 Å². The summed E-state index contributed by atoms with van der Waals surface area (Å²) in [6, 6.07) is 22.9. The van der Waals surface area contributed by atoms with E-state index in [9.17, 15) is 14.0 Å². The van der Waals surface area contributed by atoms with Crippen molar-refractivity contribution in [1.29, 1.82) is 0 Å². The maximum Gasteiger partial charge on any atom is 0.261 e. The fourth-order valence-corrected chi connectivity index (χ4v) is 5.14. The van der Waals surface area contributed by atoms with Crippen LogP contribution in [0, 0.1) is 5.82 Å². The van der Waals surface area contributed by atoms with Crippen molar-refractivity contribution in [2.45, 2.75) is 76.9 Å².